The highest BCUT2D eigenvalue weighted by Gasteiger charge is 2.37. The topological polar surface area (TPSA) is 46.6 Å². The SMILES string of the molecule is COC(=O)C1CN(C(=O)Cc2ccc(F)cc2F)CC1C. The molecule has 1 aromatic carbocycles. The molecular formula is C15H17F2NO3. The van der Waals surface area contributed by atoms with Crippen molar-refractivity contribution in [2.24, 2.45) is 11.8 Å². The van der Waals surface area contributed by atoms with E-state index in [1.165, 1.54) is 18.1 Å². The Morgan fingerprint density at radius 3 is 2.67 bits per heavy atom. The molecule has 0 spiro atoms. The van der Waals surface area contributed by atoms with Crippen LogP contribution in [0.1, 0.15) is 12.5 Å². The highest BCUT2D eigenvalue weighted by atomic mass is 19.1. The zero-order chi connectivity index (χ0) is 15.6. The molecule has 1 aromatic rings. The van der Waals surface area contributed by atoms with Crippen LogP contribution in [0.2, 0.25) is 0 Å². The van der Waals surface area contributed by atoms with Crippen molar-refractivity contribution < 1.29 is 23.1 Å². The first-order chi connectivity index (χ1) is 9.92. The van der Waals surface area contributed by atoms with Gasteiger partial charge in [-0.2, -0.15) is 0 Å². The summed E-state index contributed by atoms with van der Waals surface area (Å²) in [5.74, 6) is -2.38. The van der Waals surface area contributed by atoms with Crippen molar-refractivity contribution in [3.8, 4) is 0 Å². The molecule has 1 aliphatic rings. The summed E-state index contributed by atoms with van der Waals surface area (Å²) in [5, 5.41) is 0. The summed E-state index contributed by atoms with van der Waals surface area (Å²) in [5.41, 5.74) is 0.149. The summed E-state index contributed by atoms with van der Waals surface area (Å²) in [4.78, 5) is 25.3. The van der Waals surface area contributed by atoms with Gasteiger partial charge >= 0.3 is 5.97 Å². The molecule has 1 amide bonds. The lowest BCUT2D eigenvalue weighted by Crippen LogP contribution is -2.31. The lowest BCUT2D eigenvalue weighted by Gasteiger charge is -2.16. The van der Waals surface area contributed by atoms with Gasteiger partial charge in [-0.1, -0.05) is 13.0 Å². The van der Waals surface area contributed by atoms with Gasteiger partial charge in [0.2, 0.25) is 5.91 Å². The van der Waals surface area contributed by atoms with E-state index in [2.05, 4.69) is 0 Å². The molecule has 6 heteroatoms. The fourth-order valence-corrected chi connectivity index (χ4v) is 2.57. The predicted molar refractivity (Wildman–Crippen MR) is 71.3 cm³/mol. The largest absolute Gasteiger partial charge is 0.469 e. The Balaban J connectivity index is 2.03. The van der Waals surface area contributed by atoms with Crippen molar-refractivity contribution in [1.82, 2.24) is 4.90 Å². The second-order valence-corrected chi connectivity index (χ2v) is 5.32. The first kappa shape index (κ1) is 15.4. The summed E-state index contributed by atoms with van der Waals surface area (Å²) < 4.78 is 31.1. The van der Waals surface area contributed by atoms with Crippen LogP contribution in [-0.2, 0) is 20.7 Å². The van der Waals surface area contributed by atoms with E-state index in [-0.39, 0.29) is 42.2 Å². The van der Waals surface area contributed by atoms with Gasteiger partial charge in [0.15, 0.2) is 0 Å². The molecule has 2 atom stereocenters. The molecule has 21 heavy (non-hydrogen) atoms. The monoisotopic (exact) mass is 297 g/mol. The number of esters is 1. The van der Waals surface area contributed by atoms with Crippen molar-refractivity contribution in [2.75, 3.05) is 20.2 Å². The van der Waals surface area contributed by atoms with E-state index in [1.807, 2.05) is 6.92 Å². The van der Waals surface area contributed by atoms with E-state index in [1.54, 1.807) is 0 Å². The Bertz CT molecular complexity index is 562. The van der Waals surface area contributed by atoms with Gasteiger partial charge in [0.05, 0.1) is 19.4 Å². The summed E-state index contributed by atoms with van der Waals surface area (Å²) in [6.07, 6.45) is -0.146. The number of likely N-dealkylation sites (tertiary alicyclic amines) is 1. The van der Waals surface area contributed by atoms with E-state index < -0.39 is 11.6 Å². The van der Waals surface area contributed by atoms with E-state index in [0.717, 1.165) is 12.1 Å². The van der Waals surface area contributed by atoms with Crippen LogP contribution in [0, 0.1) is 23.5 Å². The van der Waals surface area contributed by atoms with Gasteiger partial charge in [-0.25, -0.2) is 8.78 Å². The third-order valence-electron chi connectivity index (χ3n) is 3.83. The zero-order valence-electron chi connectivity index (χ0n) is 11.9. The number of carbonyl (C=O) groups is 2. The lowest BCUT2D eigenvalue weighted by molar-refractivity contribution is -0.146. The lowest BCUT2D eigenvalue weighted by atomic mass is 9.99. The normalized spacial score (nSPS) is 21.4. The van der Waals surface area contributed by atoms with Crippen molar-refractivity contribution in [3.63, 3.8) is 0 Å². The van der Waals surface area contributed by atoms with E-state index in [0.29, 0.717) is 6.54 Å². The van der Waals surface area contributed by atoms with Gasteiger partial charge in [0.1, 0.15) is 11.6 Å². The Labute approximate surface area is 121 Å². The van der Waals surface area contributed by atoms with Gasteiger partial charge in [-0.3, -0.25) is 9.59 Å². The number of benzene rings is 1. The number of hydrogen-bond donors (Lipinski definition) is 0. The molecule has 1 heterocycles. The van der Waals surface area contributed by atoms with Gasteiger partial charge in [0.25, 0.3) is 0 Å². The minimum absolute atomic E-state index is 0.000496. The molecule has 0 bridgehead atoms. The first-order valence-corrected chi connectivity index (χ1v) is 6.72. The smallest absolute Gasteiger partial charge is 0.310 e. The fourth-order valence-electron chi connectivity index (χ4n) is 2.57. The van der Waals surface area contributed by atoms with Gasteiger partial charge in [-0.15, -0.1) is 0 Å². The fraction of sp³-hybridized carbons (Fsp3) is 0.467. The summed E-state index contributed by atoms with van der Waals surface area (Å²) in [6, 6.07) is 3.14. The molecule has 2 rings (SSSR count). The summed E-state index contributed by atoms with van der Waals surface area (Å²) >= 11 is 0. The number of amides is 1. The predicted octanol–water partition coefficient (Wildman–Crippen LogP) is 1.77. The minimum Gasteiger partial charge on any atom is -0.469 e. The molecule has 2 unspecified atom stereocenters. The summed E-state index contributed by atoms with van der Waals surface area (Å²) in [7, 11) is 1.31. The molecule has 0 saturated carbocycles. The van der Waals surface area contributed by atoms with Gasteiger partial charge < -0.3 is 9.64 Å². The van der Waals surface area contributed by atoms with Crippen molar-refractivity contribution in [1.29, 1.82) is 0 Å². The molecular weight excluding hydrogens is 280 g/mol. The van der Waals surface area contributed by atoms with Crippen molar-refractivity contribution in [3.05, 3.63) is 35.4 Å². The minimum atomic E-state index is -0.736. The maximum Gasteiger partial charge on any atom is 0.310 e. The average molecular weight is 297 g/mol. The van der Waals surface area contributed by atoms with E-state index in [9.17, 15) is 18.4 Å². The van der Waals surface area contributed by atoms with Crippen molar-refractivity contribution in [2.45, 2.75) is 13.3 Å². The van der Waals surface area contributed by atoms with Crippen LogP contribution in [0.5, 0.6) is 0 Å². The zero-order valence-corrected chi connectivity index (χ0v) is 11.9. The second kappa shape index (κ2) is 6.20. The van der Waals surface area contributed by atoms with Crippen LogP contribution in [0.3, 0.4) is 0 Å². The van der Waals surface area contributed by atoms with E-state index in [4.69, 9.17) is 4.74 Å². The average Bonchev–Trinajstić information content (AvgIpc) is 2.83. The second-order valence-electron chi connectivity index (χ2n) is 5.32. The Kier molecular flexibility index (Phi) is 4.55. The summed E-state index contributed by atoms with van der Waals surface area (Å²) in [6.45, 7) is 2.57. The highest BCUT2D eigenvalue weighted by molar-refractivity contribution is 5.81. The van der Waals surface area contributed by atoms with Crippen LogP contribution in [0.25, 0.3) is 0 Å². The molecule has 0 radical (unpaired) electrons. The molecule has 1 fully saturated rings. The molecule has 4 nitrogen and oxygen atoms in total. The van der Waals surface area contributed by atoms with Crippen LogP contribution in [0.15, 0.2) is 18.2 Å². The third-order valence-corrected chi connectivity index (χ3v) is 3.83. The Morgan fingerprint density at radius 1 is 1.33 bits per heavy atom. The molecule has 0 N–H and O–H groups in total. The maximum atomic E-state index is 13.5. The highest BCUT2D eigenvalue weighted by Crippen LogP contribution is 2.25. The molecule has 0 aliphatic carbocycles. The quantitative estimate of drug-likeness (QED) is 0.799. The molecule has 114 valence electrons. The number of methoxy groups -OCH3 is 1. The first-order valence-electron chi connectivity index (χ1n) is 6.72. The number of ether oxygens (including phenoxy) is 1. The molecule has 1 aliphatic heterocycles. The third kappa shape index (κ3) is 3.37. The van der Waals surface area contributed by atoms with Crippen molar-refractivity contribution >= 4 is 11.9 Å². The maximum absolute atomic E-state index is 13.5. The number of carbonyl (C=O) groups excluding carboxylic acids is 2. The number of hydrogen-bond acceptors (Lipinski definition) is 3. The number of rotatable bonds is 3. The Hall–Kier alpha value is -1.98. The van der Waals surface area contributed by atoms with Crippen LogP contribution < -0.4 is 0 Å². The van der Waals surface area contributed by atoms with E-state index >= 15 is 0 Å². The van der Waals surface area contributed by atoms with Crippen LogP contribution in [-0.4, -0.2) is 37.0 Å². The Morgan fingerprint density at radius 2 is 2.05 bits per heavy atom. The molecule has 1 saturated heterocycles. The molecule has 0 aromatic heterocycles. The van der Waals surface area contributed by atoms with Gasteiger partial charge in [-0.05, 0) is 17.5 Å². The van der Waals surface area contributed by atoms with Crippen LogP contribution in [0.4, 0.5) is 8.78 Å². The standard InChI is InChI=1S/C15H17F2NO3/c1-9-7-18(8-12(9)15(20)21-2)14(19)5-10-3-4-11(16)6-13(10)17/h3-4,6,9,12H,5,7-8H2,1-2H3. The van der Waals surface area contributed by atoms with Gasteiger partial charge in [0, 0.05) is 19.2 Å². The number of nitrogens with zero attached hydrogens (tertiary/aromatic N) is 1. The number of halogens is 2. The van der Waals surface area contributed by atoms with Crippen LogP contribution >= 0.6 is 0 Å².